The van der Waals surface area contributed by atoms with Crippen molar-refractivity contribution in [1.29, 1.82) is 0 Å². The number of carboxylic acids is 2. The van der Waals surface area contributed by atoms with E-state index in [4.69, 9.17) is 20.1 Å². The molecule has 0 heterocycles. The number of rotatable bonds is 6. The molecule has 0 unspecified atom stereocenters. The van der Waals surface area contributed by atoms with E-state index in [0.717, 1.165) is 36.8 Å². The smallest absolute Gasteiger partial charge is 0.339 e. The van der Waals surface area contributed by atoms with Crippen LogP contribution in [0.3, 0.4) is 0 Å². The van der Waals surface area contributed by atoms with Crippen molar-refractivity contribution in [3.63, 3.8) is 0 Å². The highest BCUT2D eigenvalue weighted by atomic mass is 32.2. The Labute approximate surface area is 191 Å². The van der Waals surface area contributed by atoms with Gasteiger partial charge in [0.05, 0.1) is 22.0 Å². The molecule has 0 spiro atoms. The van der Waals surface area contributed by atoms with Gasteiger partial charge in [-0.2, -0.15) is 0 Å². The molecule has 0 bridgehead atoms. The summed E-state index contributed by atoms with van der Waals surface area (Å²) in [7, 11) is -6.92. The summed E-state index contributed by atoms with van der Waals surface area (Å²) in [6.45, 7) is 3.97. The Kier molecular flexibility index (Phi) is 11.7. The van der Waals surface area contributed by atoms with Gasteiger partial charge in [-0.05, 0) is 50.2 Å². The third-order valence-electron chi connectivity index (χ3n) is 3.51. The molecular formula is C20H25FO10S2. The summed E-state index contributed by atoms with van der Waals surface area (Å²) < 4.78 is 62.4. The maximum atomic E-state index is 12.8. The van der Waals surface area contributed by atoms with E-state index in [9.17, 15) is 30.8 Å². The molecule has 33 heavy (non-hydrogen) atoms. The van der Waals surface area contributed by atoms with Crippen molar-refractivity contribution in [3.05, 3.63) is 53.3 Å². The molecule has 0 aliphatic rings. The summed E-state index contributed by atoms with van der Waals surface area (Å²) in [5, 5.41) is 25.0. The Morgan fingerprint density at radius 1 is 0.848 bits per heavy atom. The molecule has 0 saturated heterocycles. The van der Waals surface area contributed by atoms with Crippen LogP contribution in [0, 0.1) is 5.82 Å². The highest BCUT2D eigenvalue weighted by molar-refractivity contribution is 7.91. The van der Waals surface area contributed by atoms with Crippen molar-refractivity contribution in [2.24, 2.45) is 0 Å². The summed E-state index contributed by atoms with van der Waals surface area (Å²) in [5.74, 6) is -3.49. The lowest BCUT2D eigenvalue weighted by atomic mass is 10.2. The fraction of sp³-hybridized carbons (Fsp3) is 0.300. The van der Waals surface area contributed by atoms with Gasteiger partial charge in [-0.25, -0.2) is 30.8 Å². The molecule has 0 aromatic heterocycles. The molecule has 0 saturated carbocycles. The lowest BCUT2D eigenvalue weighted by Crippen LogP contribution is -2.05. The Morgan fingerprint density at radius 3 is 1.61 bits per heavy atom. The second kappa shape index (κ2) is 12.9. The first-order valence-corrected chi connectivity index (χ1v) is 12.9. The Hall–Kier alpha value is -3.03. The number of benzene rings is 2. The first-order chi connectivity index (χ1) is 15.1. The number of aromatic carboxylic acids is 2. The van der Waals surface area contributed by atoms with E-state index < -0.39 is 43.0 Å². The lowest BCUT2D eigenvalue weighted by Gasteiger charge is -2.08. The molecule has 3 N–H and O–H groups in total. The van der Waals surface area contributed by atoms with Gasteiger partial charge in [0.1, 0.15) is 17.1 Å². The van der Waals surface area contributed by atoms with Crippen molar-refractivity contribution in [3.8, 4) is 5.75 Å². The van der Waals surface area contributed by atoms with Gasteiger partial charge in [0, 0.05) is 19.1 Å². The van der Waals surface area contributed by atoms with Gasteiger partial charge in [0.15, 0.2) is 19.7 Å². The van der Waals surface area contributed by atoms with Crippen LogP contribution in [0.2, 0.25) is 0 Å². The van der Waals surface area contributed by atoms with Crippen LogP contribution in [0.5, 0.6) is 5.75 Å². The van der Waals surface area contributed by atoms with Crippen LogP contribution in [0.1, 0.15) is 34.6 Å². The van der Waals surface area contributed by atoms with Gasteiger partial charge in [0.2, 0.25) is 0 Å². The SMILES string of the molecule is CCO.CCOc1ccc(S(C)(=O)=O)cc1C(=O)O.CS(=O)(=O)c1ccc(F)c(C(=O)O)c1. The molecule has 10 nitrogen and oxygen atoms in total. The third kappa shape index (κ3) is 9.97. The van der Waals surface area contributed by atoms with Crippen molar-refractivity contribution >= 4 is 31.6 Å². The summed E-state index contributed by atoms with van der Waals surface area (Å²) in [6.07, 6.45) is 1.94. The van der Waals surface area contributed by atoms with Gasteiger partial charge < -0.3 is 20.1 Å². The van der Waals surface area contributed by atoms with E-state index in [1.807, 2.05) is 0 Å². The van der Waals surface area contributed by atoms with Crippen LogP contribution < -0.4 is 4.74 Å². The van der Waals surface area contributed by atoms with Crippen LogP contribution >= 0.6 is 0 Å². The fourth-order valence-corrected chi connectivity index (χ4v) is 3.38. The normalized spacial score (nSPS) is 10.7. The number of halogens is 1. The van der Waals surface area contributed by atoms with Gasteiger partial charge in [-0.15, -0.1) is 0 Å². The van der Waals surface area contributed by atoms with E-state index in [1.165, 1.54) is 12.1 Å². The number of sulfone groups is 2. The van der Waals surface area contributed by atoms with Crippen molar-refractivity contribution in [2.45, 2.75) is 23.6 Å². The number of ether oxygens (including phenoxy) is 1. The van der Waals surface area contributed by atoms with E-state index in [2.05, 4.69) is 0 Å². The van der Waals surface area contributed by atoms with Crippen LogP contribution in [0.4, 0.5) is 4.39 Å². The molecular weight excluding hydrogens is 483 g/mol. The molecule has 13 heteroatoms. The molecule has 0 fully saturated rings. The zero-order valence-electron chi connectivity index (χ0n) is 18.3. The second-order valence-corrected chi connectivity index (χ2v) is 10.2. The third-order valence-corrected chi connectivity index (χ3v) is 5.73. The maximum absolute atomic E-state index is 12.8. The Morgan fingerprint density at radius 2 is 1.24 bits per heavy atom. The summed E-state index contributed by atoms with van der Waals surface area (Å²) in [6, 6.07) is 6.42. The molecule has 2 aromatic rings. The molecule has 0 radical (unpaired) electrons. The second-order valence-electron chi connectivity index (χ2n) is 6.20. The standard InChI is InChI=1S/C10H12O5S.C8H7FO4S.C2H6O/c1-3-15-9-5-4-7(16(2,13)14)6-8(9)10(11)12;1-14(12,13)5-2-3-7(9)6(4-5)8(10)11;1-2-3/h4-6H,3H2,1-2H3,(H,11,12);2-4H,1H3,(H,10,11);3H,2H2,1H3. The summed E-state index contributed by atoms with van der Waals surface area (Å²) >= 11 is 0. The van der Waals surface area contributed by atoms with Gasteiger partial charge in [0.25, 0.3) is 0 Å². The molecule has 2 aromatic carbocycles. The predicted octanol–water partition coefficient (Wildman–Crippen LogP) is 2.11. The average molecular weight is 509 g/mol. The van der Waals surface area contributed by atoms with Crippen LogP contribution in [0.25, 0.3) is 0 Å². The highest BCUT2D eigenvalue weighted by Gasteiger charge is 2.16. The van der Waals surface area contributed by atoms with E-state index in [1.54, 1.807) is 13.8 Å². The molecule has 0 aliphatic carbocycles. The first-order valence-electron chi connectivity index (χ1n) is 9.14. The quantitative estimate of drug-likeness (QED) is 0.491. The highest BCUT2D eigenvalue weighted by Crippen LogP contribution is 2.22. The Bertz CT molecular complexity index is 1190. The minimum Gasteiger partial charge on any atom is -0.493 e. The monoisotopic (exact) mass is 508 g/mol. The lowest BCUT2D eigenvalue weighted by molar-refractivity contribution is 0.0680. The predicted molar refractivity (Wildman–Crippen MR) is 117 cm³/mol. The van der Waals surface area contributed by atoms with Gasteiger partial charge in [-0.1, -0.05) is 0 Å². The van der Waals surface area contributed by atoms with E-state index in [-0.39, 0.29) is 27.7 Å². The van der Waals surface area contributed by atoms with Crippen LogP contribution in [-0.2, 0) is 19.7 Å². The topological polar surface area (TPSA) is 172 Å². The van der Waals surface area contributed by atoms with Gasteiger partial charge in [-0.3, -0.25) is 0 Å². The molecule has 0 amide bonds. The summed E-state index contributed by atoms with van der Waals surface area (Å²) in [5.41, 5.74) is -0.794. The molecule has 184 valence electrons. The van der Waals surface area contributed by atoms with Crippen LogP contribution in [0.15, 0.2) is 46.2 Å². The zero-order valence-corrected chi connectivity index (χ0v) is 19.9. The molecule has 2 rings (SSSR count). The number of carboxylic acid groups (broad SMARTS) is 2. The summed E-state index contributed by atoms with van der Waals surface area (Å²) in [4.78, 5) is 21.1. The number of aliphatic hydroxyl groups is 1. The molecule has 0 aliphatic heterocycles. The zero-order chi connectivity index (χ0) is 26.0. The van der Waals surface area contributed by atoms with Crippen molar-refractivity contribution in [2.75, 3.05) is 25.7 Å². The van der Waals surface area contributed by atoms with E-state index in [0.29, 0.717) is 6.61 Å². The average Bonchev–Trinajstić information content (AvgIpc) is 2.68. The maximum Gasteiger partial charge on any atom is 0.339 e. The first kappa shape index (κ1) is 30.0. The minimum atomic E-state index is -3.51. The van der Waals surface area contributed by atoms with E-state index >= 15 is 0 Å². The largest absolute Gasteiger partial charge is 0.493 e. The number of carbonyl (C=O) groups is 2. The number of hydrogen-bond acceptors (Lipinski definition) is 8. The number of hydrogen-bond donors (Lipinski definition) is 3. The number of aliphatic hydroxyl groups excluding tert-OH is 1. The fourth-order valence-electron chi connectivity index (χ4n) is 2.09. The molecule has 0 atom stereocenters. The van der Waals surface area contributed by atoms with Crippen LogP contribution in [-0.4, -0.2) is 69.8 Å². The van der Waals surface area contributed by atoms with Gasteiger partial charge >= 0.3 is 11.9 Å². The minimum absolute atomic E-state index is 0.0339. The Balaban J connectivity index is 0.000000558. The van der Waals surface area contributed by atoms with Crippen molar-refractivity contribution in [1.82, 2.24) is 0 Å². The van der Waals surface area contributed by atoms with Crippen molar-refractivity contribution < 1.29 is 50.9 Å².